The minimum absolute atomic E-state index is 0.100. The Morgan fingerprint density at radius 3 is 2.14 bits per heavy atom. The van der Waals surface area contributed by atoms with Gasteiger partial charge in [-0.3, -0.25) is 9.78 Å². The molecule has 0 spiro atoms. The van der Waals surface area contributed by atoms with Crippen LogP contribution in [0.15, 0.2) is 42.6 Å². The molecule has 1 aliphatic heterocycles. The highest BCUT2D eigenvalue weighted by Gasteiger charge is 2.29. The Hall–Kier alpha value is -2.20. The van der Waals surface area contributed by atoms with E-state index in [-0.39, 0.29) is 5.91 Å². The standard InChI is InChI=1S/C25H33N3O/c1-3-27(4-2)25(29)21-10-8-19(9-11-21)22-12-13-24(26-18-22)20-14-16-28(17-15-20)23-6-5-7-23/h8-13,18,20,23H,3-7,14-17H2,1-2H3. The molecule has 1 saturated heterocycles. The summed E-state index contributed by atoms with van der Waals surface area (Å²) in [6.45, 7) is 7.95. The summed E-state index contributed by atoms with van der Waals surface area (Å²) in [4.78, 5) is 21.8. The van der Waals surface area contributed by atoms with E-state index in [1.807, 2.05) is 49.2 Å². The van der Waals surface area contributed by atoms with Gasteiger partial charge < -0.3 is 9.80 Å². The SMILES string of the molecule is CCN(CC)C(=O)c1ccc(-c2ccc(C3CCN(C4CCC4)CC3)nc2)cc1. The van der Waals surface area contributed by atoms with E-state index < -0.39 is 0 Å². The third kappa shape index (κ3) is 4.37. The number of hydrogen-bond donors (Lipinski definition) is 0. The summed E-state index contributed by atoms with van der Waals surface area (Å²) in [6, 6.07) is 13.2. The average molecular weight is 392 g/mol. The predicted molar refractivity (Wildman–Crippen MR) is 118 cm³/mol. The molecule has 0 unspecified atom stereocenters. The summed E-state index contributed by atoms with van der Waals surface area (Å²) in [6.07, 6.45) is 8.66. The Morgan fingerprint density at radius 2 is 1.62 bits per heavy atom. The van der Waals surface area contributed by atoms with E-state index in [1.54, 1.807) is 0 Å². The highest BCUT2D eigenvalue weighted by molar-refractivity contribution is 5.94. The van der Waals surface area contributed by atoms with Gasteiger partial charge in [-0.1, -0.05) is 24.6 Å². The fraction of sp³-hybridized carbons (Fsp3) is 0.520. The van der Waals surface area contributed by atoms with Crippen molar-refractivity contribution in [2.75, 3.05) is 26.2 Å². The van der Waals surface area contributed by atoms with Gasteiger partial charge in [0.05, 0.1) is 0 Å². The first kappa shape index (κ1) is 20.1. The fourth-order valence-electron chi connectivity index (χ4n) is 4.63. The number of hydrogen-bond acceptors (Lipinski definition) is 3. The number of benzene rings is 1. The molecule has 4 rings (SSSR count). The molecule has 1 aromatic carbocycles. The van der Waals surface area contributed by atoms with Gasteiger partial charge in [0.1, 0.15) is 0 Å². The zero-order valence-corrected chi connectivity index (χ0v) is 17.8. The first-order valence-corrected chi connectivity index (χ1v) is 11.3. The number of carbonyl (C=O) groups excluding carboxylic acids is 1. The molecule has 1 aliphatic carbocycles. The zero-order chi connectivity index (χ0) is 20.2. The number of rotatable bonds is 6. The Balaban J connectivity index is 1.38. The van der Waals surface area contributed by atoms with Crippen LogP contribution in [0.25, 0.3) is 11.1 Å². The van der Waals surface area contributed by atoms with Crippen LogP contribution < -0.4 is 0 Å². The highest BCUT2D eigenvalue weighted by atomic mass is 16.2. The normalized spacial score (nSPS) is 18.4. The van der Waals surface area contributed by atoms with Crippen LogP contribution in [0.4, 0.5) is 0 Å². The Morgan fingerprint density at radius 1 is 0.966 bits per heavy atom. The molecule has 154 valence electrons. The second-order valence-electron chi connectivity index (χ2n) is 8.42. The van der Waals surface area contributed by atoms with Gasteiger partial charge in [-0.2, -0.15) is 0 Å². The van der Waals surface area contributed by atoms with Gasteiger partial charge in [0, 0.05) is 48.1 Å². The van der Waals surface area contributed by atoms with Gasteiger partial charge in [0.2, 0.25) is 0 Å². The lowest BCUT2D eigenvalue weighted by Crippen LogP contribution is -2.44. The maximum atomic E-state index is 12.5. The molecule has 1 aromatic heterocycles. The summed E-state index contributed by atoms with van der Waals surface area (Å²) < 4.78 is 0. The van der Waals surface area contributed by atoms with Crippen molar-refractivity contribution in [2.45, 2.75) is 57.9 Å². The van der Waals surface area contributed by atoms with Crippen molar-refractivity contribution in [1.29, 1.82) is 0 Å². The topological polar surface area (TPSA) is 36.4 Å². The van der Waals surface area contributed by atoms with E-state index in [4.69, 9.17) is 4.98 Å². The number of carbonyl (C=O) groups is 1. The van der Waals surface area contributed by atoms with Crippen LogP contribution in [0.5, 0.6) is 0 Å². The second kappa shape index (κ2) is 9.08. The van der Waals surface area contributed by atoms with Crippen molar-refractivity contribution in [2.24, 2.45) is 0 Å². The van der Waals surface area contributed by atoms with E-state index in [0.717, 1.165) is 35.8 Å². The van der Waals surface area contributed by atoms with Crippen molar-refractivity contribution in [3.05, 3.63) is 53.9 Å². The van der Waals surface area contributed by atoms with Crippen LogP contribution in [0.2, 0.25) is 0 Å². The Kier molecular flexibility index (Phi) is 6.29. The van der Waals surface area contributed by atoms with Gasteiger partial charge in [0.25, 0.3) is 5.91 Å². The molecule has 4 heteroatoms. The van der Waals surface area contributed by atoms with Gasteiger partial charge >= 0.3 is 0 Å². The van der Waals surface area contributed by atoms with E-state index in [1.165, 1.54) is 50.9 Å². The summed E-state index contributed by atoms with van der Waals surface area (Å²) in [7, 11) is 0. The molecule has 0 bridgehead atoms. The predicted octanol–water partition coefficient (Wildman–Crippen LogP) is 4.96. The average Bonchev–Trinajstić information content (AvgIpc) is 2.74. The molecule has 1 amide bonds. The van der Waals surface area contributed by atoms with Crippen molar-refractivity contribution < 1.29 is 4.79 Å². The quantitative estimate of drug-likeness (QED) is 0.698. The van der Waals surface area contributed by atoms with Crippen molar-refractivity contribution in [1.82, 2.24) is 14.8 Å². The number of amides is 1. The molecule has 0 atom stereocenters. The first-order chi connectivity index (χ1) is 14.2. The number of pyridine rings is 1. The van der Waals surface area contributed by atoms with Crippen LogP contribution in [0.1, 0.15) is 67.9 Å². The number of nitrogens with zero attached hydrogens (tertiary/aromatic N) is 3. The summed E-state index contributed by atoms with van der Waals surface area (Å²) in [5.74, 6) is 0.692. The first-order valence-electron chi connectivity index (χ1n) is 11.3. The van der Waals surface area contributed by atoms with Crippen molar-refractivity contribution in [3.8, 4) is 11.1 Å². The lowest BCUT2D eigenvalue weighted by atomic mass is 9.86. The zero-order valence-electron chi connectivity index (χ0n) is 17.8. The molecule has 2 aliphatic rings. The Labute approximate surface area is 174 Å². The van der Waals surface area contributed by atoms with E-state index >= 15 is 0 Å². The minimum atomic E-state index is 0.100. The number of likely N-dealkylation sites (tertiary alicyclic amines) is 1. The van der Waals surface area contributed by atoms with E-state index in [0.29, 0.717) is 5.92 Å². The van der Waals surface area contributed by atoms with Gasteiger partial charge in [0.15, 0.2) is 0 Å². The molecular formula is C25H33N3O. The van der Waals surface area contributed by atoms with Crippen molar-refractivity contribution >= 4 is 5.91 Å². The second-order valence-corrected chi connectivity index (χ2v) is 8.42. The molecule has 0 radical (unpaired) electrons. The molecule has 4 nitrogen and oxygen atoms in total. The fourth-order valence-corrected chi connectivity index (χ4v) is 4.63. The van der Waals surface area contributed by atoms with Crippen LogP contribution in [0.3, 0.4) is 0 Å². The molecule has 29 heavy (non-hydrogen) atoms. The molecule has 0 N–H and O–H groups in total. The maximum absolute atomic E-state index is 12.5. The molecule has 2 aromatic rings. The smallest absolute Gasteiger partial charge is 0.253 e. The van der Waals surface area contributed by atoms with Gasteiger partial charge in [-0.05, 0) is 76.4 Å². The Bertz CT molecular complexity index is 799. The van der Waals surface area contributed by atoms with Crippen LogP contribution >= 0.6 is 0 Å². The van der Waals surface area contributed by atoms with Crippen LogP contribution in [-0.4, -0.2) is 52.9 Å². The lowest BCUT2D eigenvalue weighted by Gasteiger charge is -2.41. The minimum Gasteiger partial charge on any atom is -0.339 e. The lowest BCUT2D eigenvalue weighted by molar-refractivity contribution is 0.0773. The number of aromatic nitrogens is 1. The van der Waals surface area contributed by atoms with E-state index in [2.05, 4.69) is 17.0 Å². The van der Waals surface area contributed by atoms with Gasteiger partial charge in [-0.15, -0.1) is 0 Å². The molecular weight excluding hydrogens is 358 g/mol. The van der Waals surface area contributed by atoms with Gasteiger partial charge in [-0.25, -0.2) is 0 Å². The third-order valence-corrected chi connectivity index (χ3v) is 6.84. The van der Waals surface area contributed by atoms with Crippen molar-refractivity contribution in [3.63, 3.8) is 0 Å². The monoisotopic (exact) mass is 391 g/mol. The molecule has 2 fully saturated rings. The highest BCUT2D eigenvalue weighted by Crippen LogP contribution is 2.33. The summed E-state index contributed by atoms with van der Waals surface area (Å²) in [5, 5.41) is 0. The largest absolute Gasteiger partial charge is 0.339 e. The third-order valence-electron chi connectivity index (χ3n) is 6.84. The van der Waals surface area contributed by atoms with E-state index in [9.17, 15) is 4.79 Å². The summed E-state index contributed by atoms with van der Waals surface area (Å²) >= 11 is 0. The number of piperidine rings is 1. The van der Waals surface area contributed by atoms with Crippen LogP contribution in [-0.2, 0) is 0 Å². The molecule has 1 saturated carbocycles. The van der Waals surface area contributed by atoms with Crippen LogP contribution in [0, 0.1) is 0 Å². The molecule has 2 heterocycles. The summed E-state index contributed by atoms with van der Waals surface area (Å²) in [5.41, 5.74) is 4.21. The maximum Gasteiger partial charge on any atom is 0.253 e.